The Morgan fingerprint density at radius 2 is 1.91 bits per heavy atom. The molecule has 32 heavy (non-hydrogen) atoms. The molecule has 0 bridgehead atoms. The molecule has 1 aliphatic rings. The number of anilines is 2. The topological polar surface area (TPSA) is 96.2 Å². The number of carboxylic acid groups (broad SMARTS) is 1. The first-order chi connectivity index (χ1) is 15.5. The molecule has 5 rings (SSSR count). The van der Waals surface area contributed by atoms with Crippen molar-refractivity contribution in [3.8, 4) is 5.69 Å². The highest BCUT2D eigenvalue weighted by atomic mass is 19.1. The minimum absolute atomic E-state index is 0.127. The molecule has 1 aliphatic heterocycles. The molecule has 0 aliphatic carbocycles. The van der Waals surface area contributed by atoms with Crippen molar-refractivity contribution in [1.29, 1.82) is 0 Å². The molecule has 0 spiro atoms. The Labute approximate surface area is 183 Å². The number of hydrogen-bond donors (Lipinski definition) is 2. The van der Waals surface area contributed by atoms with E-state index in [4.69, 9.17) is 10.2 Å². The number of hydrogen-bond acceptors (Lipinski definition) is 5. The van der Waals surface area contributed by atoms with Crippen molar-refractivity contribution in [3.05, 3.63) is 72.7 Å². The highest BCUT2D eigenvalue weighted by Gasteiger charge is 2.37. The van der Waals surface area contributed by atoms with Crippen molar-refractivity contribution in [1.82, 2.24) is 24.6 Å². The van der Waals surface area contributed by atoms with E-state index in [9.17, 15) is 4.79 Å². The summed E-state index contributed by atoms with van der Waals surface area (Å²) in [5, 5.41) is 18.0. The molecule has 2 N–H and O–H groups in total. The summed E-state index contributed by atoms with van der Waals surface area (Å²) in [6.07, 6.45) is 4.06. The van der Waals surface area contributed by atoms with Gasteiger partial charge in [0.15, 0.2) is 5.82 Å². The van der Waals surface area contributed by atoms with Crippen LogP contribution in [0, 0.1) is 0 Å². The third kappa shape index (κ3) is 3.62. The Morgan fingerprint density at radius 1 is 1.09 bits per heavy atom. The van der Waals surface area contributed by atoms with Gasteiger partial charge in [-0.3, -0.25) is 4.98 Å². The van der Waals surface area contributed by atoms with Gasteiger partial charge >= 0.3 is 6.09 Å². The minimum atomic E-state index is -1.58. The van der Waals surface area contributed by atoms with Crippen LogP contribution in [0.25, 0.3) is 16.6 Å². The number of carbonyl (C=O) groups is 1. The maximum Gasteiger partial charge on any atom is 0.407 e. The molecule has 2 aromatic carbocycles. The van der Waals surface area contributed by atoms with E-state index >= 15 is 4.39 Å². The number of nitrogens with zero attached hydrogens (tertiary/aromatic N) is 5. The summed E-state index contributed by atoms with van der Waals surface area (Å²) >= 11 is 0. The molecule has 9 heteroatoms. The van der Waals surface area contributed by atoms with Crippen molar-refractivity contribution < 1.29 is 14.3 Å². The van der Waals surface area contributed by atoms with Gasteiger partial charge < -0.3 is 15.3 Å². The molecular weight excluding hydrogens is 411 g/mol. The zero-order chi connectivity index (χ0) is 22.1. The summed E-state index contributed by atoms with van der Waals surface area (Å²) < 4.78 is 17.5. The summed E-state index contributed by atoms with van der Waals surface area (Å²) in [6.45, 7) is 0.347. The molecule has 3 heterocycles. The van der Waals surface area contributed by atoms with Crippen molar-refractivity contribution in [3.63, 3.8) is 0 Å². The normalized spacial score (nSPS) is 15.6. The second kappa shape index (κ2) is 7.92. The highest BCUT2D eigenvalue weighted by Crippen LogP contribution is 2.38. The molecule has 0 radical (unpaired) electrons. The standard InChI is InChI=1S/C23H21FN6O2/c24-23(8-12-29(13-9-23)22(31)32)16-4-3-5-17(14-16)30-19-7-2-1-6-18(19)21(28-30)27-20-15-25-10-11-26-20/h1-7,10-11,14-15H,8-9,12-13H2,(H,31,32)(H,26,27,28). The quantitative estimate of drug-likeness (QED) is 0.493. The first-order valence-electron chi connectivity index (χ1n) is 10.3. The van der Waals surface area contributed by atoms with Gasteiger partial charge in [0.2, 0.25) is 0 Å². The lowest BCUT2D eigenvalue weighted by molar-refractivity contribution is 0.0551. The largest absolute Gasteiger partial charge is 0.465 e. The highest BCUT2D eigenvalue weighted by molar-refractivity contribution is 5.92. The van der Waals surface area contributed by atoms with Crippen LogP contribution in [0.3, 0.4) is 0 Å². The van der Waals surface area contributed by atoms with E-state index in [1.165, 1.54) is 4.90 Å². The van der Waals surface area contributed by atoms with E-state index in [0.717, 1.165) is 16.6 Å². The fourth-order valence-electron chi connectivity index (χ4n) is 4.10. The number of piperidine rings is 1. The van der Waals surface area contributed by atoms with Crippen LogP contribution in [-0.4, -0.2) is 48.9 Å². The fraction of sp³-hybridized carbons (Fsp3) is 0.217. The van der Waals surface area contributed by atoms with Crippen molar-refractivity contribution in [2.75, 3.05) is 18.4 Å². The Balaban J connectivity index is 1.51. The number of para-hydroxylation sites is 1. The maximum absolute atomic E-state index is 15.8. The van der Waals surface area contributed by atoms with Gasteiger partial charge in [0, 0.05) is 43.7 Å². The van der Waals surface area contributed by atoms with Crippen LogP contribution >= 0.6 is 0 Å². The van der Waals surface area contributed by atoms with Crippen molar-refractivity contribution in [2.24, 2.45) is 0 Å². The van der Waals surface area contributed by atoms with Gasteiger partial charge in [0.1, 0.15) is 11.5 Å². The Kier molecular flexibility index (Phi) is 4.93. The Hall–Kier alpha value is -4.01. The third-order valence-electron chi connectivity index (χ3n) is 5.83. The number of aromatic nitrogens is 4. The van der Waals surface area contributed by atoms with Crippen LogP contribution in [0.4, 0.5) is 20.8 Å². The zero-order valence-corrected chi connectivity index (χ0v) is 17.1. The minimum Gasteiger partial charge on any atom is -0.465 e. The number of rotatable bonds is 4. The van der Waals surface area contributed by atoms with Crippen LogP contribution in [0.1, 0.15) is 18.4 Å². The molecule has 1 fully saturated rings. The van der Waals surface area contributed by atoms with E-state index in [0.29, 0.717) is 17.2 Å². The lowest BCUT2D eigenvalue weighted by Crippen LogP contribution is -2.42. The predicted octanol–water partition coefficient (Wildman–Crippen LogP) is 4.50. The van der Waals surface area contributed by atoms with Gasteiger partial charge in [0.05, 0.1) is 17.4 Å². The average Bonchev–Trinajstić information content (AvgIpc) is 3.19. The van der Waals surface area contributed by atoms with Gasteiger partial charge in [-0.1, -0.05) is 24.3 Å². The number of halogens is 1. The summed E-state index contributed by atoms with van der Waals surface area (Å²) in [4.78, 5) is 20.8. The first kappa shape index (κ1) is 19.9. The van der Waals surface area contributed by atoms with Gasteiger partial charge in [-0.2, -0.15) is 0 Å². The molecule has 0 atom stereocenters. The zero-order valence-electron chi connectivity index (χ0n) is 17.1. The molecule has 8 nitrogen and oxygen atoms in total. The van der Waals surface area contributed by atoms with Crippen molar-refractivity contribution >= 4 is 28.6 Å². The SMILES string of the molecule is O=C(O)N1CCC(F)(c2cccc(-n3nc(Nc4cnccn4)c4ccccc43)c2)CC1. The molecule has 0 unspecified atom stereocenters. The lowest BCUT2D eigenvalue weighted by Gasteiger charge is -2.35. The number of alkyl halides is 1. The maximum atomic E-state index is 15.8. The molecular formula is C23H21FN6O2. The van der Waals surface area contributed by atoms with E-state index in [-0.39, 0.29) is 25.9 Å². The monoisotopic (exact) mass is 432 g/mol. The number of benzene rings is 2. The van der Waals surface area contributed by atoms with E-state index in [2.05, 4.69) is 15.3 Å². The summed E-state index contributed by atoms with van der Waals surface area (Å²) in [6, 6.07) is 15.0. The van der Waals surface area contributed by atoms with Crippen LogP contribution < -0.4 is 5.32 Å². The first-order valence-corrected chi connectivity index (χ1v) is 10.3. The summed E-state index contributed by atoms with van der Waals surface area (Å²) in [5.41, 5.74) is 0.544. The smallest absolute Gasteiger partial charge is 0.407 e. The van der Waals surface area contributed by atoms with Crippen molar-refractivity contribution in [2.45, 2.75) is 18.5 Å². The predicted molar refractivity (Wildman–Crippen MR) is 118 cm³/mol. The van der Waals surface area contributed by atoms with Gasteiger partial charge in [-0.05, 0) is 29.8 Å². The summed E-state index contributed by atoms with van der Waals surface area (Å²) in [7, 11) is 0. The van der Waals surface area contributed by atoms with Gasteiger partial charge in [0.25, 0.3) is 0 Å². The third-order valence-corrected chi connectivity index (χ3v) is 5.83. The van der Waals surface area contributed by atoms with Crippen LogP contribution in [-0.2, 0) is 5.67 Å². The second-order valence-electron chi connectivity index (χ2n) is 7.78. The lowest BCUT2D eigenvalue weighted by atomic mass is 9.86. The van der Waals surface area contributed by atoms with E-state index in [1.54, 1.807) is 35.4 Å². The number of nitrogens with one attached hydrogen (secondary N) is 1. The van der Waals surface area contributed by atoms with Gasteiger partial charge in [-0.25, -0.2) is 18.9 Å². The van der Waals surface area contributed by atoms with Crippen LogP contribution in [0.5, 0.6) is 0 Å². The fourth-order valence-corrected chi connectivity index (χ4v) is 4.10. The number of likely N-dealkylation sites (tertiary alicyclic amines) is 1. The molecule has 0 saturated carbocycles. The second-order valence-corrected chi connectivity index (χ2v) is 7.78. The molecule has 162 valence electrons. The molecule has 1 saturated heterocycles. The summed E-state index contributed by atoms with van der Waals surface area (Å²) in [5.74, 6) is 1.20. The average molecular weight is 432 g/mol. The van der Waals surface area contributed by atoms with Crippen LogP contribution in [0.15, 0.2) is 67.1 Å². The molecule has 1 amide bonds. The number of amides is 1. The van der Waals surface area contributed by atoms with Crippen LogP contribution in [0.2, 0.25) is 0 Å². The van der Waals surface area contributed by atoms with Gasteiger partial charge in [-0.15, -0.1) is 5.10 Å². The Morgan fingerprint density at radius 3 is 2.66 bits per heavy atom. The molecule has 4 aromatic rings. The number of fused-ring (bicyclic) bond motifs is 1. The molecule has 2 aromatic heterocycles. The Bertz CT molecular complexity index is 1270. The van der Waals surface area contributed by atoms with E-state index < -0.39 is 11.8 Å². The van der Waals surface area contributed by atoms with E-state index in [1.807, 2.05) is 36.4 Å².